The van der Waals surface area contributed by atoms with E-state index in [0.717, 1.165) is 39.0 Å². The average Bonchev–Trinajstić information content (AvgIpc) is 3.97. The number of cyclic esters (lactones) is 1. The second-order valence-corrected chi connectivity index (χ2v) is 21.0. The summed E-state index contributed by atoms with van der Waals surface area (Å²) in [5, 5.41) is 16.6. The molecule has 4 aliphatic heterocycles. The number of amides is 4. The molecule has 19 heteroatoms. The fourth-order valence-corrected chi connectivity index (χ4v) is 10.5. The van der Waals surface area contributed by atoms with Gasteiger partial charge < -0.3 is 43.7 Å². The Balaban J connectivity index is 1.11. The lowest BCUT2D eigenvalue weighted by Gasteiger charge is -2.37. The Kier molecular flexibility index (Phi) is 16.1. The van der Waals surface area contributed by atoms with Crippen LogP contribution in [0.3, 0.4) is 0 Å². The SMILES string of the molecule is CCn1c(-c2cccnc2[C@H](C)OC)c2c3cc(ccc31)-c1cc(O)cc(c1)C[C@H](NC(=O)C(C(C)C)N(C)C(=O)[C@H]1CCN(C(=O)C#CC(F)(F)OC3COC3)C1)C(=O)N1CCC[C@H](N1)C(=O)OCC(C)(C)C2. The van der Waals surface area contributed by atoms with E-state index in [2.05, 4.69) is 45.2 Å². The van der Waals surface area contributed by atoms with E-state index >= 15 is 0 Å². The third-order valence-electron chi connectivity index (χ3n) is 14.4. The van der Waals surface area contributed by atoms with Crippen molar-refractivity contribution in [1.29, 1.82) is 0 Å². The van der Waals surface area contributed by atoms with Gasteiger partial charge >= 0.3 is 12.1 Å². The van der Waals surface area contributed by atoms with Crippen LogP contribution in [0.4, 0.5) is 8.78 Å². The molecule has 5 atom stereocenters. The number of hydrogen-bond acceptors (Lipinski definition) is 12. The van der Waals surface area contributed by atoms with Gasteiger partial charge in [0.2, 0.25) is 11.8 Å². The number of ether oxygens (including phenoxy) is 4. The summed E-state index contributed by atoms with van der Waals surface area (Å²) in [4.78, 5) is 77.8. The first-order valence-corrected chi connectivity index (χ1v) is 25.4. The van der Waals surface area contributed by atoms with Crippen molar-refractivity contribution in [2.75, 3.05) is 53.6 Å². The van der Waals surface area contributed by atoms with Gasteiger partial charge in [-0.25, -0.2) is 5.43 Å². The lowest BCUT2D eigenvalue weighted by molar-refractivity contribution is -0.268. The standard InChI is InChI=1S/C55H67F2N7O10/c1-9-63-45-15-14-35-26-41(45)42(49(63)40-12-10-19-58-47(40)33(4)71-8)27-54(5,6)31-73-53(70)43-13-11-20-64(60-43)52(69)44(24-34-22-37(35)25-38(65)23-34)59-50(67)48(32(2)3)61(7)51(68)36-17-21-62(28-36)46(66)16-18-55(56,57)74-39-29-72-30-39/h10,12,14-15,19,22-23,25-26,32-33,36,39,43-44,48,60,65H,9,11,13,17,20-21,24,27-31H2,1-8H3,(H,59,67)/t33-,36-,43-,44-,48?/m0/s1. The number of pyridine rings is 1. The molecule has 2 aromatic heterocycles. The van der Waals surface area contributed by atoms with E-state index in [1.165, 1.54) is 21.9 Å². The minimum atomic E-state index is -3.86. The average molecular weight is 1020 g/mol. The van der Waals surface area contributed by atoms with Gasteiger partial charge in [0.15, 0.2) is 0 Å². The fourth-order valence-electron chi connectivity index (χ4n) is 10.5. The van der Waals surface area contributed by atoms with Gasteiger partial charge in [-0.1, -0.05) is 39.8 Å². The molecule has 17 nitrogen and oxygen atoms in total. The van der Waals surface area contributed by atoms with E-state index in [9.17, 15) is 37.9 Å². The Morgan fingerprint density at radius 3 is 2.54 bits per heavy atom. The van der Waals surface area contributed by atoms with Gasteiger partial charge in [-0.15, -0.1) is 0 Å². The first-order valence-electron chi connectivity index (χ1n) is 25.4. The van der Waals surface area contributed by atoms with Crippen LogP contribution in [0.15, 0.2) is 54.7 Å². The third-order valence-corrected chi connectivity index (χ3v) is 14.4. The first-order chi connectivity index (χ1) is 35.2. The number of likely N-dealkylation sites (N-methyl/N-ethyl adjacent to an activating group) is 1. The number of rotatable bonds is 11. The summed E-state index contributed by atoms with van der Waals surface area (Å²) in [5.74, 6) is -0.780. The second kappa shape index (κ2) is 22.2. The molecule has 0 aliphatic carbocycles. The third kappa shape index (κ3) is 11.7. The van der Waals surface area contributed by atoms with E-state index in [-0.39, 0.29) is 64.2 Å². The van der Waals surface area contributed by atoms with Gasteiger partial charge in [0.05, 0.1) is 43.2 Å². The molecule has 396 valence electrons. The normalized spacial score (nSPS) is 21.3. The molecular weight excluding hydrogens is 957 g/mol. The number of nitrogens with one attached hydrogen (secondary N) is 2. The van der Waals surface area contributed by atoms with Crippen molar-refractivity contribution >= 4 is 40.5 Å². The van der Waals surface area contributed by atoms with Crippen LogP contribution in [-0.4, -0.2) is 143 Å². The summed E-state index contributed by atoms with van der Waals surface area (Å²) < 4.78 is 52.1. The number of benzene rings is 2. The van der Waals surface area contributed by atoms with E-state index in [0.29, 0.717) is 36.9 Å². The van der Waals surface area contributed by atoms with Crippen molar-refractivity contribution in [3.63, 3.8) is 0 Å². The van der Waals surface area contributed by atoms with Gasteiger partial charge in [0.25, 0.3) is 11.8 Å². The quantitative estimate of drug-likeness (QED) is 0.121. The highest BCUT2D eigenvalue weighted by Gasteiger charge is 2.41. The molecule has 3 fully saturated rings. The smallest absolute Gasteiger partial charge is 0.424 e. The molecule has 3 N–H and O–H groups in total. The summed E-state index contributed by atoms with van der Waals surface area (Å²) in [5.41, 5.74) is 9.17. The summed E-state index contributed by atoms with van der Waals surface area (Å²) >= 11 is 0. The number of carbonyl (C=O) groups is 5. The molecule has 6 heterocycles. The number of halogens is 2. The highest BCUT2D eigenvalue weighted by atomic mass is 19.3. The van der Waals surface area contributed by atoms with Gasteiger partial charge in [0, 0.05) is 86.7 Å². The molecule has 4 aliphatic rings. The van der Waals surface area contributed by atoms with Crippen LogP contribution in [0.25, 0.3) is 33.3 Å². The van der Waals surface area contributed by atoms with Crippen LogP contribution in [0.2, 0.25) is 0 Å². The number of likely N-dealkylation sites (tertiary alicyclic amines) is 1. The predicted octanol–water partition coefficient (Wildman–Crippen LogP) is 5.79. The van der Waals surface area contributed by atoms with Crippen molar-refractivity contribution in [1.82, 2.24) is 35.1 Å². The Bertz CT molecular complexity index is 2850. The molecule has 8 rings (SSSR count). The maximum absolute atomic E-state index is 14.8. The zero-order chi connectivity index (χ0) is 53.2. The zero-order valence-corrected chi connectivity index (χ0v) is 43.3. The van der Waals surface area contributed by atoms with Crippen LogP contribution >= 0.6 is 0 Å². The van der Waals surface area contributed by atoms with Crippen molar-refractivity contribution < 1.29 is 56.8 Å². The number of aromatic hydroxyl groups is 1. The number of hydrazine groups is 1. The monoisotopic (exact) mass is 1020 g/mol. The molecular formula is C55H67F2N7O10. The minimum Gasteiger partial charge on any atom is -0.508 e. The van der Waals surface area contributed by atoms with Crippen molar-refractivity contribution in [3.05, 3.63) is 71.5 Å². The number of carbonyl (C=O) groups excluding carboxylic acids is 5. The van der Waals surface area contributed by atoms with E-state index < -0.39 is 77.2 Å². The molecule has 4 aromatic rings. The molecule has 4 amide bonds. The maximum Gasteiger partial charge on any atom is 0.424 e. The number of aryl methyl sites for hydroxylation is 1. The van der Waals surface area contributed by atoms with Crippen molar-refractivity contribution in [3.8, 4) is 40.0 Å². The zero-order valence-electron chi connectivity index (χ0n) is 43.3. The topological polar surface area (TPSA) is 194 Å². The van der Waals surface area contributed by atoms with Crippen LogP contribution in [0.5, 0.6) is 5.75 Å². The van der Waals surface area contributed by atoms with Crippen LogP contribution in [0.1, 0.15) is 83.7 Å². The summed E-state index contributed by atoms with van der Waals surface area (Å²) in [7, 11) is 3.13. The Hall–Kier alpha value is -6.46. The van der Waals surface area contributed by atoms with Crippen LogP contribution < -0.4 is 10.7 Å². The molecule has 74 heavy (non-hydrogen) atoms. The predicted molar refractivity (Wildman–Crippen MR) is 270 cm³/mol. The van der Waals surface area contributed by atoms with Crippen molar-refractivity contribution in [2.45, 2.75) is 117 Å². The molecule has 2 aromatic carbocycles. The maximum atomic E-state index is 14.8. The summed E-state index contributed by atoms with van der Waals surface area (Å²) in [6.45, 7) is 12.6. The number of methoxy groups -OCH3 is 1. The Labute approximate surface area is 430 Å². The molecule has 6 bridgehead atoms. The van der Waals surface area contributed by atoms with Gasteiger partial charge in [-0.3, -0.25) is 34.0 Å². The van der Waals surface area contributed by atoms with Gasteiger partial charge in [-0.05, 0) is 104 Å². The number of aromatic nitrogens is 2. The largest absolute Gasteiger partial charge is 0.508 e. The number of phenols is 1. The highest BCUT2D eigenvalue weighted by molar-refractivity contribution is 5.97. The Morgan fingerprint density at radius 2 is 1.84 bits per heavy atom. The van der Waals surface area contributed by atoms with E-state index in [1.807, 2.05) is 44.9 Å². The first kappa shape index (κ1) is 53.8. The van der Waals surface area contributed by atoms with E-state index in [4.69, 9.17) is 19.2 Å². The lowest BCUT2D eigenvalue weighted by atomic mass is 9.84. The van der Waals surface area contributed by atoms with Crippen LogP contribution in [-0.2, 0) is 62.3 Å². The van der Waals surface area contributed by atoms with Gasteiger partial charge in [0.1, 0.15) is 30.0 Å². The minimum absolute atomic E-state index is 0.00651. The molecule has 0 saturated carbocycles. The molecule has 1 unspecified atom stereocenters. The molecule has 3 saturated heterocycles. The number of phenolic OH excluding ortho intramolecular Hbond substituents is 1. The second-order valence-electron chi connectivity index (χ2n) is 21.0. The number of fused-ring (bicyclic) bond motifs is 6. The van der Waals surface area contributed by atoms with Gasteiger partial charge in [-0.2, -0.15) is 8.78 Å². The Morgan fingerprint density at radius 1 is 1.07 bits per heavy atom. The number of esters is 1. The van der Waals surface area contributed by atoms with Crippen LogP contribution in [0, 0.1) is 29.1 Å². The van der Waals surface area contributed by atoms with E-state index in [1.54, 1.807) is 45.2 Å². The summed E-state index contributed by atoms with van der Waals surface area (Å²) in [6, 6.07) is 12.0. The summed E-state index contributed by atoms with van der Waals surface area (Å²) in [6.07, 6.45) is -1.75. The highest BCUT2D eigenvalue weighted by Crippen LogP contribution is 2.42. The van der Waals surface area contributed by atoms with Crippen molar-refractivity contribution in [2.24, 2.45) is 17.3 Å². The molecule has 0 spiro atoms. The molecule has 0 radical (unpaired) electrons. The number of hydrogen-bond donors (Lipinski definition) is 3. The fraction of sp³-hybridized carbons (Fsp3) is 0.527. The number of nitrogens with zero attached hydrogens (tertiary/aromatic N) is 5. The number of alkyl halides is 2. The lowest BCUT2D eigenvalue weighted by Crippen LogP contribution is -2.62.